The predicted octanol–water partition coefficient (Wildman–Crippen LogP) is 4.32. The van der Waals surface area contributed by atoms with Gasteiger partial charge >= 0.3 is 5.97 Å². The van der Waals surface area contributed by atoms with Crippen molar-refractivity contribution in [2.24, 2.45) is 0 Å². The van der Waals surface area contributed by atoms with Crippen molar-refractivity contribution in [3.8, 4) is 5.75 Å². The van der Waals surface area contributed by atoms with Crippen molar-refractivity contribution in [1.82, 2.24) is 9.88 Å². The number of Topliss-reactive ketones (excluding diaryl/α,β-unsaturated/α-hetero) is 1. The highest BCUT2D eigenvalue weighted by Gasteiger charge is 2.46. The Morgan fingerprint density at radius 1 is 1.00 bits per heavy atom. The second-order valence-electron chi connectivity index (χ2n) is 8.77. The maximum atomic E-state index is 13.2. The van der Waals surface area contributed by atoms with E-state index in [0.29, 0.717) is 17.5 Å². The molecule has 1 atom stereocenters. The number of phenols is 1. The molecule has 0 saturated carbocycles. The number of benzene rings is 3. The third-order valence-electron chi connectivity index (χ3n) is 6.60. The fourth-order valence-corrected chi connectivity index (χ4v) is 4.76. The minimum atomic E-state index is -0.890. The first kappa shape index (κ1) is 23.9. The number of aromatic nitrogens is 1. The number of para-hydroxylation sites is 1. The molecule has 8 nitrogen and oxygen atoms in total. The van der Waals surface area contributed by atoms with Crippen LogP contribution in [0.4, 0.5) is 0 Å². The normalized spacial score (nSPS) is 16.9. The zero-order chi connectivity index (χ0) is 26.1. The standard InChI is InChI=1S/C29H24N2O6/c1-37-29(36)18-11-9-17(10-12-18)25-24(26(33)19-5-4-6-21(32)15-19)27(34)28(35)31(25)14-13-20-16-30-23-8-3-2-7-22(20)23/h2-12,15-16,25,30,32-33H,13-14H2,1H3. The minimum Gasteiger partial charge on any atom is -0.508 e. The summed E-state index contributed by atoms with van der Waals surface area (Å²) in [5.41, 5.74) is 2.96. The van der Waals surface area contributed by atoms with E-state index in [0.717, 1.165) is 16.5 Å². The fraction of sp³-hybridized carbons (Fsp3) is 0.138. The van der Waals surface area contributed by atoms with Gasteiger partial charge in [-0.25, -0.2) is 4.79 Å². The number of aliphatic hydroxyl groups excluding tert-OH is 1. The minimum absolute atomic E-state index is 0.0830. The van der Waals surface area contributed by atoms with Gasteiger partial charge in [-0.3, -0.25) is 9.59 Å². The van der Waals surface area contributed by atoms with Crippen LogP contribution in [0.15, 0.2) is 84.6 Å². The number of amides is 1. The van der Waals surface area contributed by atoms with Crippen molar-refractivity contribution >= 4 is 34.3 Å². The van der Waals surface area contributed by atoms with Gasteiger partial charge in [0.2, 0.25) is 0 Å². The number of hydrogen-bond acceptors (Lipinski definition) is 6. The third kappa shape index (κ3) is 4.33. The number of hydrogen-bond donors (Lipinski definition) is 3. The summed E-state index contributed by atoms with van der Waals surface area (Å²) in [4.78, 5) is 43.1. The molecule has 5 rings (SSSR count). The molecule has 1 aromatic heterocycles. The molecule has 1 aliphatic heterocycles. The van der Waals surface area contributed by atoms with E-state index < -0.39 is 23.7 Å². The second-order valence-corrected chi connectivity index (χ2v) is 8.77. The number of esters is 1. The van der Waals surface area contributed by atoms with Crippen molar-refractivity contribution in [3.63, 3.8) is 0 Å². The van der Waals surface area contributed by atoms with Crippen molar-refractivity contribution < 1.29 is 29.3 Å². The molecular weight excluding hydrogens is 472 g/mol. The van der Waals surface area contributed by atoms with Gasteiger partial charge in [0.25, 0.3) is 11.7 Å². The molecule has 1 fully saturated rings. The quantitative estimate of drug-likeness (QED) is 0.158. The number of aromatic hydroxyl groups is 1. The zero-order valence-electron chi connectivity index (χ0n) is 20.0. The van der Waals surface area contributed by atoms with Gasteiger partial charge in [0, 0.05) is 29.2 Å². The van der Waals surface area contributed by atoms with Gasteiger partial charge in [-0.05, 0) is 47.9 Å². The summed E-state index contributed by atoms with van der Waals surface area (Å²) in [6, 6.07) is 19.2. The summed E-state index contributed by atoms with van der Waals surface area (Å²) in [5, 5.41) is 22.1. The lowest BCUT2D eigenvalue weighted by molar-refractivity contribution is -0.139. The lowest BCUT2D eigenvalue weighted by atomic mass is 9.94. The predicted molar refractivity (Wildman–Crippen MR) is 137 cm³/mol. The van der Waals surface area contributed by atoms with E-state index in [-0.39, 0.29) is 29.2 Å². The smallest absolute Gasteiger partial charge is 0.337 e. The Bertz CT molecular complexity index is 1550. The van der Waals surface area contributed by atoms with E-state index in [4.69, 9.17) is 4.74 Å². The monoisotopic (exact) mass is 496 g/mol. The maximum Gasteiger partial charge on any atom is 0.337 e. The summed E-state index contributed by atoms with van der Waals surface area (Å²) in [7, 11) is 1.28. The number of H-pyrrole nitrogens is 1. The number of nitrogens with one attached hydrogen (secondary N) is 1. The lowest BCUT2D eigenvalue weighted by Crippen LogP contribution is -2.31. The molecule has 0 radical (unpaired) electrons. The Labute approximate surface area is 212 Å². The van der Waals surface area contributed by atoms with Gasteiger partial charge in [-0.15, -0.1) is 0 Å². The average Bonchev–Trinajstić information content (AvgIpc) is 3.44. The number of methoxy groups -OCH3 is 1. The Morgan fingerprint density at radius 2 is 1.76 bits per heavy atom. The number of ether oxygens (including phenoxy) is 1. The van der Waals surface area contributed by atoms with Crippen molar-refractivity contribution in [2.45, 2.75) is 12.5 Å². The number of phenolic OH excluding ortho intramolecular Hbond substituents is 1. The van der Waals surface area contributed by atoms with E-state index in [1.54, 1.807) is 30.3 Å². The van der Waals surface area contributed by atoms with Crippen molar-refractivity contribution in [1.29, 1.82) is 0 Å². The first-order valence-corrected chi connectivity index (χ1v) is 11.7. The highest BCUT2D eigenvalue weighted by molar-refractivity contribution is 6.46. The highest BCUT2D eigenvalue weighted by Crippen LogP contribution is 2.40. The van der Waals surface area contributed by atoms with Crippen LogP contribution in [-0.4, -0.2) is 51.4 Å². The van der Waals surface area contributed by atoms with Gasteiger partial charge < -0.3 is 24.8 Å². The summed E-state index contributed by atoms with van der Waals surface area (Å²) in [6.07, 6.45) is 2.36. The van der Waals surface area contributed by atoms with Crippen LogP contribution in [0.3, 0.4) is 0 Å². The molecule has 2 heterocycles. The van der Waals surface area contributed by atoms with Crippen molar-refractivity contribution in [2.75, 3.05) is 13.7 Å². The molecule has 3 N–H and O–H groups in total. The maximum absolute atomic E-state index is 13.2. The van der Waals surface area contributed by atoms with Crippen LogP contribution in [-0.2, 0) is 20.7 Å². The average molecular weight is 497 g/mol. The second kappa shape index (κ2) is 9.66. The van der Waals surface area contributed by atoms with Crippen LogP contribution in [0, 0.1) is 0 Å². The first-order valence-electron chi connectivity index (χ1n) is 11.7. The molecular formula is C29H24N2O6. The first-order chi connectivity index (χ1) is 17.9. The number of carbonyl (C=O) groups excluding carboxylic acids is 3. The van der Waals surface area contributed by atoms with Gasteiger partial charge in [0.05, 0.1) is 24.3 Å². The molecule has 4 aromatic rings. The number of carbonyl (C=O) groups is 3. The van der Waals surface area contributed by atoms with E-state index in [1.807, 2.05) is 30.5 Å². The van der Waals surface area contributed by atoms with Crippen molar-refractivity contribution in [3.05, 3.63) is 107 Å². The topological polar surface area (TPSA) is 120 Å². The molecule has 37 heavy (non-hydrogen) atoms. The molecule has 1 amide bonds. The summed E-state index contributed by atoms with van der Waals surface area (Å²) >= 11 is 0. The van der Waals surface area contributed by atoms with Crippen LogP contribution >= 0.6 is 0 Å². The molecule has 3 aromatic carbocycles. The molecule has 8 heteroatoms. The molecule has 1 aliphatic rings. The molecule has 186 valence electrons. The van der Waals surface area contributed by atoms with E-state index >= 15 is 0 Å². The van der Waals surface area contributed by atoms with Crippen LogP contribution in [0.2, 0.25) is 0 Å². The Kier molecular flexibility index (Phi) is 6.23. The zero-order valence-corrected chi connectivity index (χ0v) is 20.0. The number of rotatable bonds is 6. The van der Waals surface area contributed by atoms with Crippen LogP contribution < -0.4 is 0 Å². The molecule has 0 spiro atoms. The Balaban J connectivity index is 1.57. The molecule has 1 saturated heterocycles. The molecule has 0 bridgehead atoms. The van der Waals surface area contributed by atoms with Crippen LogP contribution in [0.1, 0.15) is 33.1 Å². The Morgan fingerprint density at radius 3 is 2.49 bits per heavy atom. The lowest BCUT2D eigenvalue weighted by Gasteiger charge is -2.25. The largest absolute Gasteiger partial charge is 0.508 e. The number of likely N-dealkylation sites (tertiary alicyclic amines) is 1. The van der Waals surface area contributed by atoms with Gasteiger partial charge in [-0.2, -0.15) is 0 Å². The number of aliphatic hydroxyl groups is 1. The Hall–Kier alpha value is -4.85. The van der Waals surface area contributed by atoms with E-state index in [1.165, 1.54) is 30.2 Å². The van der Waals surface area contributed by atoms with Gasteiger partial charge in [0.1, 0.15) is 11.5 Å². The number of fused-ring (bicyclic) bond motifs is 1. The summed E-state index contributed by atoms with van der Waals surface area (Å²) in [6.45, 7) is 0.215. The molecule has 1 unspecified atom stereocenters. The third-order valence-corrected chi connectivity index (χ3v) is 6.60. The number of ketones is 1. The van der Waals surface area contributed by atoms with E-state index in [9.17, 15) is 24.6 Å². The van der Waals surface area contributed by atoms with Gasteiger partial charge in [0.15, 0.2) is 0 Å². The highest BCUT2D eigenvalue weighted by atomic mass is 16.5. The van der Waals surface area contributed by atoms with Crippen LogP contribution in [0.5, 0.6) is 5.75 Å². The SMILES string of the molecule is COC(=O)c1ccc(C2C(=C(O)c3cccc(O)c3)C(=O)C(=O)N2CCc2c[nH]c3ccccc23)cc1. The molecule has 0 aliphatic carbocycles. The summed E-state index contributed by atoms with van der Waals surface area (Å²) < 4.78 is 4.77. The number of nitrogens with zero attached hydrogens (tertiary/aromatic N) is 1. The van der Waals surface area contributed by atoms with Gasteiger partial charge in [-0.1, -0.05) is 42.5 Å². The fourth-order valence-electron chi connectivity index (χ4n) is 4.76. The number of aromatic amines is 1. The van der Waals surface area contributed by atoms with E-state index in [2.05, 4.69) is 4.98 Å². The van der Waals surface area contributed by atoms with Crippen LogP contribution in [0.25, 0.3) is 16.7 Å². The summed E-state index contributed by atoms with van der Waals surface area (Å²) in [5.74, 6) is -2.53.